The zero-order valence-corrected chi connectivity index (χ0v) is 61.1. The van der Waals surface area contributed by atoms with Crippen LogP contribution in [0.1, 0.15) is 74.9 Å². The topological polar surface area (TPSA) is 277 Å². The first kappa shape index (κ1) is 75.7. The fraction of sp³-hybridized carbons (Fsp3) is 0.186. The Bertz CT molecular complexity index is 5120. The molecule has 0 spiro atoms. The van der Waals surface area contributed by atoms with Crippen molar-refractivity contribution in [1.29, 1.82) is 0 Å². The monoisotopic (exact) mass is 1450 g/mol. The molecule has 0 saturated heterocycles. The van der Waals surface area contributed by atoms with E-state index < -0.39 is 30.0 Å². The summed E-state index contributed by atoms with van der Waals surface area (Å²) in [6.07, 6.45) is 0.0998. The summed E-state index contributed by atoms with van der Waals surface area (Å²) in [4.78, 5) is 89.5. The number of hydrogen-bond acceptors (Lipinski definition) is 17. The molecule has 3 N–H and O–H groups in total. The number of carbonyl (C=O) groups is 6. The standard InChI is InChI=1S/C45H44N4O7.C41H36N4O7/c1-29-7-11-31(12-8-29)32-15-17-33(18-16-32)42-47-43(56-48-42)34-13-9-30(10-14-34)27-49(28-41(51)55-45(2,3)4)44(52)35-19-21-37(22-20-35)46-40(50)26-36-25-38(53-5)23-24-39(36)54-6;1-26-4-8-28(9-5-26)29-12-14-30(15-13-29)39-43-40(52-44-39)31-10-6-27(7-11-31)24-45(25-38(47)48)41(49)32-16-18-34(19-17-32)42-37(46)23-33-22-35(50-2)20-21-36(33)51-3/h7-25H,26-28H2,1-6H3,(H,46,50);4-22H,23-25H2,1-3H3,(H,42,46)(H,47,48). The number of anilines is 2. The molecule has 0 bridgehead atoms. The molecule has 12 aromatic rings. The molecular formula is C86H80N8O14. The molecule has 2 aromatic heterocycles. The highest BCUT2D eigenvalue weighted by molar-refractivity contribution is 5.99. The van der Waals surface area contributed by atoms with Gasteiger partial charge in [0.15, 0.2) is 0 Å². The number of carbonyl (C=O) groups excluding carboxylic acids is 5. The molecule has 12 rings (SSSR count). The molecule has 108 heavy (non-hydrogen) atoms. The fourth-order valence-electron chi connectivity index (χ4n) is 11.6. The van der Waals surface area contributed by atoms with Gasteiger partial charge in [-0.15, -0.1) is 0 Å². The quantitative estimate of drug-likeness (QED) is 0.0425. The predicted octanol–water partition coefficient (Wildman–Crippen LogP) is 15.9. The number of methoxy groups -OCH3 is 4. The first-order chi connectivity index (χ1) is 52.0. The zero-order chi connectivity index (χ0) is 76.4. The minimum absolute atomic E-state index is 0.0443. The Kier molecular flexibility index (Phi) is 24.4. The van der Waals surface area contributed by atoms with Crippen molar-refractivity contribution in [3.05, 3.63) is 275 Å². The van der Waals surface area contributed by atoms with Gasteiger partial charge in [-0.2, -0.15) is 9.97 Å². The summed E-state index contributed by atoms with van der Waals surface area (Å²) in [5, 5.41) is 23.6. The van der Waals surface area contributed by atoms with Crippen molar-refractivity contribution in [3.63, 3.8) is 0 Å². The van der Waals surface area contributed by atoms with E-state index in [9.17, 15) is 33.9 Å². The molecule has 548 valence electrons. The number of ether oxygens (including phenoxy) is 5. The fourth-order valence-corrected chi connectivity index (χ4v) is 11.6. The van der Waals surface area contributed by atoms with Gasteiger partial charge >= 0.3 is 11.9 Å². The molecule has 0 aliphatic heterocycles. The number of nitrogens with one attached hydrogen (secondary N) is 2. The second-order valence-electron chi connectivity index (χ2n) is 26.4. The van der Waals surface area contributed by atoms with Crippen LogP contribution >= 0.6 is 0 Å². The highest BCUT2D eigenvalue weighted by Crippen LogP contribution is 2.32. The number of aryl methyl sites for hydroxylation is 2. The van der Waals surface area contributed by atoms with Crippen molar-refractivity contribution < 1.29 is 66.6 Å². The number of rotatable bonds is 26. The van der Waals surface area contributed by atoms with Crippen molar-refractivity contribution in [1.82, 2.24) is 30.1 Å². The lowest BCUT2D eigenvalue weighted by molar-refractivity contribution is -0.155. The Morgan fingerprint density at radius 1 is 0.417 bits per heavy atom. The predicted molar refractivity (Wildman–Crippen MR) is 410 cm³/mol. The van der Waals surface area contributed by atoms with Crippen molar-refractivity contribution in [2.45, 2.75) is 66.2 Å². The minimum Gasteiger partial charge on any atom is -0.497 e. The number of esters is 1. The zero-order valence-electron chi connectivity index (χ0n) is 61.1. The van der Waals surface area contributed by atoms with Gasteiger partial charge in [0.25, 0.3) is 23.6 Å². The lowest BCUT2D eigenvalue weighted by Crippen LogP contribution is -2.38. The van der Waals surface area contributed by atoms with E-state index >= 15 is 0 Å². The largest absolute Gasteiger partial charge is 0.497 e. The summed E-state index contributed by atoms with van der Waals surface area (Å²) in [5.41, 5.74) is 13.5. The normalized spacial score (nSPS) is 10.9. The maximum absolute atomic E-state index is 13.9. The van der Waals surface area contributed by atoms with E-state index in [4.69, 9.17) is 32.7 Å². The highest BCUT2D eigenvalue weighted by Gasteiger charge is 2.26. The summed E-state index contributed by atoms with van der Waals surface area (Å²) in [6, 6.07) is 70.4. The van der Waals surface area contributed by atoms with Crippen LogP contribution in [-0.2, 0) is 49.8 Å². The molecular weight excluding hydrogens is 1370 g/mol. The van der Waals surface area contributed by atoms with Gasteiger partial charge in [-0.05, 0) is 177 Å². The van der Waals surface area contributed by atoms with Gasteiger partial charge in [-0.3, -0.25) is 28.8 Å². The first-order valence-electron chi connectivity index (χ1n) is 34.5. The maximum atomic E-state index is 13.9. The lowest BCUT2D eigenvalue weighted by atomic mass is 10.0. The molecule has 0 radical (unpaired) electrons. The van der Waals surface area contributed by atoms with E-state index in [1.54, 1.807) is 151 Å². The van der Waals surface area contributed by atoms with Crippen LogP contribution in [0.2, 0.25) is 0 Å². The van der Waals surface area contributed by atoms with Crippen molar-refractivity contribution in [2.24, 2.45) is 0 Å². The van der Waals surface area contributed by atoms with Gasteiger partial charge < -0.3 is 58.3 Å². The SMILES string of the molecule is COc1ccc(OC)c(CC(=O)Nc2ccc(C(=O)N(CC(=O)O)Cc3ccc(-c4nc(-c5ccc(-c6ccc(C)cc6)cc5)no4)cc3)cc2)c1.COc1ccc(OC)c(CC(=O)Nc2ccc(C(=O)N(CC(=O)OC(C)(C)C)Cc3ccc(-c4nc(-c5ccc(-c6ccc(C)cc6)cc5)no4)cc3)cc2)c1. The van der Waals surface area contributed by atoms with Crippen LogP contribution in [0.15, 0.2) is 240 Å². The van der Waals surface area contributed by atoms with Crippen molar-refractivity contribution in [2.75, 3.05) is 52.2 Å². The molecule has 22 heteroatoms. The van der Waals surface area contributed by atoms with Crippen LogP contribution in [0.5, 0.6) is 23.0 Å². The Hall–Kier alpha value is -13.5. The van der Waals surface area contributed by atoms with Gasteiger partial charge in [-0.1, -0.05) is 143 Å². The molecule has 4 amide bonds. The van der Waals surface area contributed by atoms with Crippen LogP contribution in [-0.4, -0.2) is 118 Å². The summed E-state index contributed by atoms with van der Waals surface area (Å²) >= 11 is 0. The number of amides is 4. The van der Waals surface area contributed by atoms with Crippen LogP contribution in [0.3, 0.4) is 0 Å². The highest BCUT2D eigenvalue weighted by atomic mass is 16.6. The van der Waals surface area contributed by atoms with Gasteiger partial charge in [-0.25, -0.2) is 0 Å². The van der Waals surface area contributed by atoms with E-state index in [0.29, 0.717) is 91.2 Å². The van der Waals surface area contributed by atoms with Crippen LogP contribution in [0.25, 0.3) is 67.9 Å². The van der Waals surface area contributed by atoms with E-state index in [1.165, 1.54) is 28.0 Å². The second kappa shape index (κ2) is 34.9. The second-order valence-corrected chi connectivity index (χ2v) is 26.4. The minimum atomic E-state index is -1.15. The van der Waals surface area contributed by atoms with E-state index in [1.807, 2.05) is 72.8 Å². The average Bonchev–Trinajstić information content (AvgIpc) is 1.68. The summed E-state index contributed by atoms with van der Waals surface area (Å²) in [7, 11) is 6.17. The molecule has 0 aliphatic carbocycles. The van der Waals surface area contributed by atoms with E-state index in [0.717, 1.165) is 38.9 Å². The number of nitrogens with zero attached hydrogens (tertiary/aromatic N) is 6. The summed E-state index contributed by atoms with van der Waals surface area (Å²) < 4.78 is 38.0. The number of benzene rings is 10. The van der Waals surface area contributed by atoms with Crippen molar-refractivity contribution in [3.8, 4) is 90.9 Å². The van der Waals surface area contributed by atoms with E-state index in [-0.39, 0.29) is 55.8 Å². The van der Waals surface area contributed by atoms with Gasteiger partial charge in [0.2, 0.25) is 23.5 Å². The Labute approximate surface area is 624 Å². The maximum Gasteiger partial charge on any atom is 0.326 e. The Morgan fingerprint density at radius 2 is 0.759 bits per heavy atom. The molecule has 0 saturated carbocycles. The van der Waals surface area contributed by atoms with Crippen LogP contribution in [0, 0.1) is 13.8 Å². The number of carboxylic acid groups (broad SMARTS) is 1. The summed E-state index contributed by atoms with van der Waals surface area (Å²) in [6.45, 7) is 8.85. The number of carboxylic acids is 1. The third-order valence-corrected chi connectivity index (χ3v) is 17.2. The third-order valence-electron chi connectivity index (χ3n) is 17.2. The van der Waals surface area contributed by atoms with Crippen LogP contribution < -0.4 is 29.6 Å². The van der Waals surface area contributed by atoms with Gasteiger partial charge in [0.05, 0.1) is 41.3 Å². The van der Waals surface area contributed by atoms with Gasteiger partial charge in [0, 0.05) is 69.0 Å². The summed E-state index contributed by atoms with van der Waals surface area (Å²) in [5.74, 6) is 0.861. The number of aromatic nitrogens is 4. The molecule has 2 heterocycles. The number of hydrogen-bond donors (Lipinski definition) is 3. The average molecular weight is 1450 g/mol. The lowest BCUT2D eigenvalue weighted by Gasteiger charge is -2.25. The Morgan fingerprint density at radius 3 is 1.10 bits per heavy atom. The molecule has 0 unspecified atom stereocenters. The van der Waals surface area contributed by atoms with Crippen molar-refractivity contribution >= 4 is 46.9 Å². The smallest absolute Gasteiger partial charge is 0.326 e. The molecule has 0 aliphatic rings. The first-order valence-corrected chi connectivity index (χ1v) is 34.5. The van der Waals surface area contributed by atoms with Crippen LogP contribution in [0.4, 0.5) is 11.4 Å². The van der Waals surface area contributed by atoms with E-state index in [2.05, 4.69) is 93.3 Å². The third kappa shape index (κ3) is 20.3. The molecule has 10 aromatic carbocycles. The Balaban J connectivity index is 0.000000215. The number of aliphatic carboxylic acids is 1. The van der Waals surface area contributed by atoms with Gasteiger partial charge in [0.1, 0.15) is 41.7 Å². The molecule has 0 atom stereocenters. The molecule has 22 nitrogen and oxygen atoms in total. The molecule has 0 fully saturated rings.